The number of esters is 2. The lowest BCUT2D eigenvalue weighted by atomic mass is 9.55. The molecule has 0 aliphatic heterocycles. The fourth-order valence-electron chi connectivity index (χ4n) is 7.24. The lowest BCUT2D eigenvalue weighted by Gasteiger charge is -2.51. The molecule has 3 aliphatic rings. The SMILES string of the molecule is Cc1c(OC(=O)c2ccccc2)cc2c(c1C)[C@H]1CC[C@]3(C)[C@@H](OC(=O)CBr)CC[C@H]3[C@@H]1CC2. The maximum atomic E-state index is 12.7. The predicted octanol–water partition coefficient (Wildman–Crippen LogP) is 6.69. The van der Waals surface area contributed by atoms with Crippen molar-refractivity contribution in [2.45, 2.75) is 71.3 Å². The number of carbonyl (C=O) groups is 2. The number of alkyl halides is 1. The smallest absolute Gasteiger partial charge is 0.343 e. The highest BCUT2D eigenvalue weighted by Crippen LogP contribution is 2.62. The van der Waals surface area contributed by atoms with E-state index in [2.05, 4.69) is 42.8 Å². The van der Waals surface area contributed by atoms with Crippen LogP contribution < -0.4 is 4.74 Å². The number of ether oxygens (including phenoxy) is 2. The van der Waals surface area contributed by atoms with E-state index in [9.17, 15) is 9.59 Å². The molecule has 4 nitrogen and oxygen atoms in total. The molecule has 3 aliphatic carbocycles. The van der Waals surface area contributed by atoms with Crippen molar-refractivity contribution in [2.24, 2.45) is 17.3 Å². The van der Waals surface area contributed by atoms with Crippen LogP contribution in [0, 0.1) is 31.1 Å². The van der Waals surface area contributed by atoms with Crippen LogP contribution in [-0.4, -0.2) is 23.4 Å². The fourth-order valence-corrected chi connectivity index (χ4v) is 7.37. The molecule has 2 aromatic rings. The van der Waals surface area contributed by atoms with Gasteiger partial charge in [-0.15, -0.1) is 0 Å². The number of aryl methyl sites for hydroxylation is 1. The minimum atomic E-state index is -0.305. The Bertz CT molecular complexity index is 1110. The summed E-state index contributed by atoms with van der Waals surface area (Å²) in [6.07, 6.45) is 6.50. The molecule has 34 heavy (non-hydrogen) atoms. The van der Waals surface area contributed by atoms with E-state index in [-0.39, 0.29) is 28.8 Å². The monoisotopic (exact) mass is 524 g/mol. The van der Waals surface area contributed by atoms with Gasteiger partial charge < -0.3 is 9.47 Å². The summed E-state index contributed by atoms with van der Waals surface area (Å²) >= 11 is 3.24. The van der Waals surface area contributed by atoms with E-state index in [0.717, 1.165) is 44.1 Å². The van der Waals surface area contributed by atoms with Crippen molar-refractivity contribution in [3.8, 4) is 5.75 Å². The summed E-state index contributed by atoms with van der Waals surface area (Å²) in [5.41, 5.74) is 5.80. The van der Waals surface area contributed by atoms with Gasteiger partial charge in [0.15, 0.2) is 0 Å². The van der Waals surface area contributed by atoms with E-state index < -0.39 is 0 Å². The molecule has 0 N–H and O–H groups in total. The van der Waals surface area contributed by atoms with Crippen molar-refractivity contribution < 1.29 is 19.1 Å². The maximum Gasteiger partial charge on any atom is 0.343 e. The molecule has 180 valence electrons. The second-order valence-corrected chi connectivity index (χ2v) is 11.2. The van der Waals surface area contributed by atoms with Crippen LogP contribution in [0.4, 0.5) is 0 Å². The molecule has 2 saturated carbocycles. The second kappa shape index (κ2) is 9.14. The molecule has 0 spiro atoms. The molecule has 0 unspecified atom stereocenters. The third kappa shape index (κ3) is 3.90. The van der Waals surface area contributed by atoms with E-state index in [1.807, 2.05) is 18.2 Å². The van der Waals surface area contributed by atoms with Crippen LogP contribution in [0.5, 0.6) is 5.75 Å². The molecule has 2 aromatic carbocycles. The molecule has 0 heterocycles. The first kappa shape index (κ1) is 23.6. The third-order valence-electron chi connectivity index (χ3n) is 9.05. The van der Waals surface area contributed by atoms with Crippen molar-refractivity contribution in [1.82, 2.24) is 0 Å². The summed E-state index contributed by atoms with van der Waals surface area (Å²) in [5.74, 6) is 1.97. The first-order valence-corrected chi connectivity index (χ1v) is 13.6. The molecule has 5 atom stereocenters. The zero-order valence-corrected chi connectivity index (χ0v) is 21.8. The van der Waals surface area contributed by atoms with Crippen molar-refractivity contribution in [3.05, 3.63) is 64.2 Å². The number of hydrogen-bond acceptors (Lipinski definition) is 4. The van der Waals surface area contributed by atoms with Gasteiger partial charge in [0.1, 0.15) is 17.2 Å². The van der Waals surface area contributed by atoms with Crippen molar-refractivity contribution in [3.63, 3.8) is 0 Å². The quantitative estimate of drug-likeness (QED) is 0.254. The number of fused-ring (bicyclic) bond motifs is 5. The van der Waals surface area contributed by atoms with Gasteiger partial charge in [-0.3, -0.25) is 4.79 Å². The molecular weight excluding hydrogens is 492 g/mol. The molecule has 0 amide bonds. The Hall–Kier alpha value is -2.14. The van der Waals surface area contributed by atoms with Crippen LogP contribution in [0.2, 0.25) is 0 Å². The molecule has 0 aromatic heterocycles. The Morgan fingerprint density at radius 1 is 1.06 bits per heavy atom. The van der Waals surface area contributed by atoms with Gasteiger partial charge >= 0.3 is 11.9 Å². The van der Waals surface area contributed by atoms with Crippen LogP contribution in [-0.2, 0) is 16.0 Å². The maximum absolute atomic E-state index is 12.7. The predicted molar refractivity (Wildman–Crippen MR) is 136 cm³/mol. The number of hydrogen-bond donors (Lipinski definition) is 0. The average molecular weight is 525 g/mol. The summed E-state index contributed by atoms with van der Waals surface area (Å²) < 4.78 is 11.7. The number of halogens is 1. The van der Waals surface area contributed by atoms with Crippen molar-refractivity contribution >= 4 is 27.9 Å². The molecule has 0 radical (unpaired) electrons. The minimum Gasteiger partial charge on any atom is -0.461 e. The summed E-state index contributed by atoms with van der Waals surface area (Å²) in [5, 5.41) is 0.263. The summed E-state index contributed by atoms with van der Waals surface area (Å²) in [7, 11) is 0. The highest BCUT2D eigenvalue weighted by Gasteiger charge is 2.56. The molecule has 2 fully saturated rings. The zero-order chi connectivity index (χ0) is 24.0. The third-order valence-corrected chi connectivity index (χ3v) is 9.51. The van der Waals surface area contributed by atoms with Gasteiger partial charge in [0.2, 0.25) is 0 Å². The van der Waals surface area contributed by atoms with Gasteiger partial charge in [0.05, 0.1) is 5.56 Å². The molecule has 0 bridgehead atoms. The average Bonchev–Trinajstić information content (AvgIpc) is 3.18. The topological polar surface area (TPSA) is 52.6 Å². The van der Waals surface area contributed by atoms with Gasteiger partial charge in [0.25, 0.3) is 0 Å². The summed E-state index contributed by atoms with van der Waals surface area (Å²) in [4.78, 5) is 24.7. The first-order valence-electron chi connectivity index (χ1n) is 12.5. The van der Waals surface area contributed by atoms with Crippen LogP contribution in [0.25, 0.3) is 0 Å². The second-order valence-electron chi connectivity index (χ2n) is 10.6. The first-order chi connectivity index (χ1) is 16.3. The Morgan fingerprint density at radius 2 is 1.82 bits per heavy atom. The van der Waals surface area contributed by atoms with Crippen molar-refractivity contribution in [1.29, 1.82) is 0 Å². The van der Waals surface area contributed by atoms with Crippen LogP contribution >= 0.6 is 15.9 Å². The largest absolute Gasteiger partial charge is 0.461 e. The molecule has 5 heteroatoms. The van der Waals surface area contributed by atoms with Crippen molar-refractivity contribution in [2.75, 3.05) is 5.33 Å². The normalized spacial score (nSPS) is 29.5. The highest BCUT2D eigenvalue weighted by atomic mass is 79.9. The Morgan fingerprint density at radius 3 is 2.56 bits per heavy atom. The van der Waals surface area contributed by atoms with E-state index >= 15 is 0 Å². The minimum absolute atomic E-state index is 0.0347. The zero-order valence-electron chi connectivity index (χ0n) is 20.2. The van der Waals surface area contributed by atoms with E-state index in [4.69, 9.17) is 9.47 Å². The Balaban J connectivity index is 1.41. The fraction of sp³-hybridized carbons (Fsp3) is 0.517. The lowest BCUT2D eigenvalue weighted by molar-refractivity contribution is -0.154. The van der Waals surface area contributed by atoms with Crippen LogP contribution in [0.15, 0.2) is 36.4 Å². The standard InChI is InChI=1S/C29H33BrO4/c1-17-18(2)27-20(15-24(17)33-28(32)19-7-5-4-6-8-19)9-10-21-22(27)13-14-29(3)23(21)11-12-25(29)34-26(31)16-30/h4-8,15,21-23,25H,9-14,16H2,1-3H3/t21-,22+,23+,25+,29+/m1/s1. The van der Waals surface area contributed by atoms with Gasteiger partial charge in [-0.25, -0.2) is 4.79 Å². The number of benzene rings is 2. The summed E-state index contributed by atoms with van der Waals surface area (Å²) in [6, 6.07) is 11.3. The van der Waals surface area contributed by atoms with E-state index in [1.165, 1.54) is 16.7 Å². The number of carbonyl (C=O) groups excluding carboxylic acids is 2. The van der Waals surface area contributed by atoms with Crippen LogP contribution in [0.3, 0.4) is 0 Å². The van der Waals surface area contributed by atoms with E-state index in [1.54, 1.807) is 12.1 Å². The summed E-state index contributed by atoms with van der Waals surface area (Å²) in [6.45, 7) is 6.62. The Kier molecular flexibility index (Phi) is 6.34. The Labute approximate surface area is 210 Å². The van der Waals surface area contributed by atoms with Gasteiger partial charge in [-0.1, -0.05) is 41.1 Å². The van der Waals surface area contributed by atoms with Gasteiger partial charge in [-0.2, -0.15) is 0 Å². The van der Waals surface area contributed by atoms with Gasteiger partial charge in [0, 0.05) is 5.41 Å². The molecule has 5 rings (SSSR count). The molecular formula is C29H33BrO4. The van der Waals surface area contributed by atoms with Gasteiger partial charge in [-0.05, 0) is 111 Å². The molecule has 0 saturated heterocycles. The lowest BCUT2D eigenvalue weighted by Crippen LogP contribution is -2.45. The highest BCUT2D eigenvalue weighted by molar-refractivity contribution is 9.09. The van der Waals surface area contributed by atoms with Crippen LogP contribution in [0.1, 0.15) is 77.6 Å². The van der Waals surface area contributed by atoms with E-state index in [0.29, 0.717) is 29.1 Å². The number of rotatable bonds is 4.